The minimum Gasteiger partial charge on any atom is -0.359 e. The molecule has 92 valence electrons. The third kappa shape index (κ3) is 3.20. The smallest absolute Gasteiger partial charge is 0.239 e. The molecule has 5 nitrogen and oxygen atoms in total. The van der Waals surface area contributed by atoms with Crippen molar-refractivity contribution in [2.45, 2.75) is 44.7 Å². The third-order valence-electron chi connectivity index (χ3n) is 3.11. The van der Waals surface area contributed by atoms with Crippen LogP contribution >= 0.6 is 0 Å². The number of amides is 2. The van der Waals surface area contributed by atoms with Crippen LogP contribution in [0.3, 0.4) is 0 Å². The van der Waals surface area contributed by atoms with Crippen molar-refractivity contribution in [3.05, 3.63) is 0 Å². The largest absolute Gasteiger partial charge is 0.359 e. The maximum Gasteiger partial charge on any atom is 0.239 e. The molecule has 1 saturated heterocycles. The molecule has 2 atom stereocenters. The van der Waals surface area contributed by atoms with E-state index in [4.69, 9.17) is 5.73 Å². The van der Waals surface area contributed by atoms with Crippen molar-refractivity contribution < 1.29 is 9.59 Å². The van der Waals surface area contributed by atoms with E-state index in [0.29, 0.717) is 18.9 Å². The van der Waals surface area contributed by atoms with Crippen molar-refractivity contribution in [2.75, 3.05) is 13.6 Å². The third-order valence-corrected chi connectivity index (χ3v) is 3.11. The number of nitrogens with zero attached hydrogens (tertiary/aromatic N) is 1. The molecule has 0 saturated carbocycles. The average Bonchev–Trinajstić information content (AvgIpc) is 2.70. The van der Waals surface area contributed by atoms with Gasteiger partial charge in [-0.2, -0.15) is 0 Å². The minimum absolute atomic E-state index is 0.0195. The molecule has 1 heterocycles. The lowest BCUT2D eigenvalue weighted by atomic mass is 10.1. The summed E-state index contributed by atoms with van der Waals surface area (Å²) in [5.74, 6) is -0.0911. The highest BCUT2D eigenvalue weighted by Crippen LogP contribution is 2.17. The van der Waals surface area contributed by atoms with Crippen LogP contribution in [0, 0.1) is 0 Å². The molecule has 1 aliphatic heterocycles. The molecule has 0 aliphatic carbocycles. The summed E-state index contributed by atoms with van der Waals surface area (Å²) in [4.78, 5) is 24.8. The van der Waals surface area contributed by atoms with Gasteiger partial charge in [0.15, 0.2) is 0 Å². The molecular formula is C11H21N3O2. The topological polar surface area (TPSA) is 75.4 Å². The van der Waals surface area contributed by atoms with Crippen molar-refractivity contribution in [1.29, 1.82) is 0 Å². The molecule has 0 aromatic rings. The molecule has 0 radical (unpaired) electrons. The van der Waals surface area contributed by atoms with Crippen LogP contribution in [0.1, 0.15) is 32.6 Å². The summed E-state index contributed by atoms with van der Waals surface area (Å²) in [7, 11) is 1.58. The van der Waals surface area contributed by atoms with Gasteiger partial charge in [0.05, 0.1) is 6.04 Å². The summed E-state index contributed by atoms with van der Waals surface area (Å²) in [6.45, 7) is 2.84. The first-order valence-corrected chi connectivity index (χ1v) is 5.83. The molecular weight excluding hydrogens is 206 g/mol. The number of nitrogens with two attached hydrogens (primary N) is 1. The SMILES string of the molecule is CNC(=O)CC[C@H](N)C(=O)N1CCC[C@H]1C. The monoisotopic (exact) mass is 227 g/mol. The van der Waals surface area contributed by atoms with E-state index in [1.807, 2.05) is 11.8 Å². The molecule has 0 unspecified atom stereocenters. The first-order valence-electron chi connectivity index (χ1n) is 5.83. The van der Waals surface area contributed by atoms with E-state index < -0.39 is 6.04 Å². The molecule has 0 aromatic heterocycles. The van der Waals surface area contributed by atoms with Crippen LogP contribution in [0.5, 0.6) is 0 Å². The number of carbonyl (C=O) groups excluding carboxylic acids is 2. The number of hydrogen-bond donors (Lipinski definition) is 2. The molecule has 1 rings (SSSR count). The van der Waals surface area contributed by atoms with Crippen LogP contribution in [0.25, 0.3) is 0 Å². The summed E-state index contributed by atoms with van der Waals surface area (Å²) in [5.41, 5.74) is 5.79. The standard InChI is InChI=1S/C11H21N3O2/c1-8-4-3-7-14(8)11(16)9(12)5-6-10(15)13-2/h8-9H,3-7,12H2,1-2H3,(H,13,15)/t8-,9+/m1/s1. The Morgan fingerprint density at radius 3 is 2.75 bits per heavy atom. The second-order valence-corrected chi connectivity index (χ2v) is 4.34. The summed E-state index contributed by atoms with van der Waals surface area (Å²) >= 11 is 0. The van der Waals surface area contributed by atoms with Crippen LogP contribution < -0.4 is 11.1 Å². The predicted octanol–water partition coefficient (Wildman–Crippen LogP) is -0.149. The lowest BCUT2D eigenvalue weighted by molar-refractivity contribution is -0.133. The Morgan fingerprint density at radius 1 is 1.56 bits per heavy atom. The Bertz CT molecular complexity index is 268. The van der Waals surface area contributed by atoms with Gasteiger partial charge in [0.2, 0.25) is 11.8 Å². The first-order chi connectivity index (χ1) is 7.56. The molecule has 1 fully saturated rings. The average molecular weight is 227 g/mol. The Morgan fingerprint density at radius 2 is 2.25 bits per heavy atom. The quantitative estimate of drug-likeness (QED) is 0.701. The van der Waals surface area contributed by atoms with Gasteiger partial charge in [0.25, 0.3) is 0 Å². The maximum atomic E-state index is 11.9. The van der Waals surface area contributed by atoms with E-state index >= 15 is 0 Å². The molecule has 0 spiro atoms. The van der Waals surface area contributed by atoms with Crippen LogP contribution in [-0.4, -0.2) is 42.4 Å². The van der Waals surface area contributed by atoms with Crippen LogP contribution in [-0.2, 0) is 9.59 Å². The lowest BCUT2D eigenvalue weighted by Gasteiger charge is -2.24. The molecule has 0 aromatic carbocycles. The molecule has 5 heteroatoms. The number of likely N-dealkylation sites (tertiary alicyclic amines) is 1. The van der Waals surface area contributed by atoms with Gasteiger partial charge in [0, 0.05) is 26.1 Å². The fourth-order valence-electron chi connectivity index (χ4n) is 2.01. The molecule has 0 bridgehead atoms. The second kappa shape index (κ2) is 5.84. The number of nitrogens with one attached hydrogen (secondary N) is 1. The van der Waals surface area contributed by atoms with Gasteiger partial charge in [-0.15, -0.1) is 0 Å². The van der Waals surface area contributed by atoms with Gasteiger partial charge in [-0.3, -0.25) is 9.59 Å². The van der Waals surface area contributed by atoms with Crippen LogP contribution in [0.15, 0.2) is 0 Å². The number of hydrogen-bond acceptors (Lipinski definition) is 3. The fourth-order valence-corrected chi connectivity index (χ4v) is 2.01. The van der Waals surface area contributed by atoms with Gasteiger partial charge in [0.1, 0.15) is 0 Å². The zero-order valence-corrected chi connectivity index (χ0v) is 10.0. The van der Waals surface area contributed by atoms with Gasteiger partial charge >= 0.3 is 0 Å². The van der Waals surface area contributed by atoms with Gasteiger partial charge < -0.3 is 16.0 Å². The fraction of sp³-hybridized carbons (Fsp3) is 0.818. The van der Waals surface area contributed by atoms with Crippen molar-refractivity contribution >= 4 is 11.8 Å². The molecule has 1 aliphatic rings. The first kappa shape index (κ1) is 13.0. The van der Waals surface area contributed by atoms with Crippen molar-refractivity contribution in [3.8, 4) is 0 Å². The van der Waals surface area contributed by atoms with E-state index in [9.17, 15) is 9.59 Å². The summed E-state index contributed by atoms with van der Waals surface area (Å²) < 4.78 is 0. The second-order valence-electron chi connectivity index (χ2n) is 4.34. The maximum absolute atomic E-state index is 11.9. The van der Waals surface area contributed by atoms with Crippen LogP contribution in [0.4, 0.5) is 0 Å². The molecule has 16 heavy (non-hydrogen) atoms. The van der Waals surface area contributed by atoms with E-state index in [0.717, 1.165) is 19.4 Å². The lowest BCUT2D eigenvalue weighted by Crippen LogP contribution is -2.45. The van der Waals surface area contributed by atoms with Gasteiger partial charge in [-0.1, -0.05) is 0 Å². The highest BCUT2D eigenvalue weighted by Gasteiger charge is 2.28. The Hall–Kier alpha value is -1.10. The zero-order valence-electron chi connectivity index (χ0n) is 10.0. The van der Waals surface area contributed by atoms with Crippen molar-refractivity contribution in [1.82, 2.24) is 10.2 Å². The normalized spacial score (nSPS) is 21.9. The highest BCUT2D eigenvalue weighted by molar-refractivity contribution is 5.83. The Labute approximate surface area is 96.4 Å². The number of rotatable bonds is 4. The molecule has 2 amide bonds. The van der Waals surface area contributed by atoms with E-state index in [-0.39, 0.29) is 11.8 Å². The van der Waals surface area contributed by atoms with Crippen molar-refractivity contribution in [3.63, 3.8) is 0 Å². The van der Waals surface area contributed by atoms with Gasteiger partial charge in [-0.05, 0) is 26.2 Å². The van der Waals surface area contributed by atoms with E-state index in [2.05, 4.69) is 5.32 Å². The molecule has 3 N–H and O–H groups in total. The minimum atomic E-state index is -0.544. The zero-order chi connectivity index (χ0) is 12.1. The van der Waals surface area contributed by atoms with E-state index in [1.165, 1.54) is 0 Å². The Kier molecular flexibility index (Phi) is 4.73. The summed E-state index contributed by atoms with van der Waals surface area (Å²) in [6, 6.07) is -0.253. The Balaban J connectivity index is 2.38. The predicted molar refractivity (Wildman–Crippen MR) is 61.7 cm³/mol. The van der Waals surface area contributed by atoms with E-state index in [1.54, 1.807) is 7.05 Å². The summed E-state index contributed by atoms with van der Waals surface area (Å²) in [5, 5.41) is 2.52. The summed E-state index contributed by atoms with van der Waals surface area (Å²) in [6.07, 6.45) is 2.83. The van der Waals surface area contributed by atoms with Gasteiger partial charge in [-0.25, -0.2) is 0 Å². The highest BCUT2D eigenvalue weighted by atomic mass is 16.2. The number of carbonyl (C=O) groups is 2. The van der Waals surface area contributed by atoms with Crippen LogP contribution in [0.2, 0.25) is 0 Å². The van der Waals surface area contributed by atoms with Crippen molar-refractivity contribution in [2.24, 2.45) is 5.73 Å².